The summed E-state index contributed by atoms with van der Waals surface area (Å²) >= 11 is 0. The van der Waals surface area contributed by atoms with Crippen LogP contribution >= 0.6 is 0 Å². The summed E-state index contributed by atoms with van der Waals surface area (Å²) in [5.41, 5.74) is 1.76. The van der Waals surface area contributed by atoms with Crippen molar-refractivity contribution < 1.29 is 9.90 Å². The van der Waals surface area contributed by atoms with Gasteiger partial charge in [-0.05, 0) is 29.9 Å². The molecule has 0 atom stereocenters. The lowest BCUT2D eigenvalue weighted by Crippen LogP contribution is -2.28. The topological polar surface area (TPSA) is 49.3 Å². The summed E-state index contributed by atoms with van der Waals surface area (Å²) in [6.45, 7) is 7.09. The van der Waals surface area contributed by atoms with Crippen molar-refractivity contribution in [2.75, 3.05) is 13.2 Å². The Bertz CT molecular complexity index is 394. The summed E-state index contributed by atoms with van der Waals surface area (Å²) in [7, 11) is 0. The van der Waals surface area contributed by atoms with E-state index in [4.69, 9.17) is 5.11 Å². The van der Waals surface area contributed by atoms with Gasteiger partial charge in [0.2, 0.25) is 0 Å². The van der Waals surface area contributed by atoms with Crippen LogP contribution in [0.5, 0.6) is 0 Å². The van der Waals surface area contributed by atoms with Crippen molar-refractivity contribution in [1.29, 1.82) is 0 Å². The molecule has 2 N–H and O–H groups in total. The van der Waals surface area contributed by atoms with Gasteiger partial charge in [-0.2, -0.15) is 0 Å². The van der Waals surface area contributed by atoms with Crippen LogP contribution in [0, 0.1) is 0 Å². The molecule has 1 aromatic carbocycles. The molecule has 3 nitrogen and oxygen atoms in total. The maximum atomic E-state index is 12.1. The number of carbonyl (C=O) groups excluding carboxylic acids is 1. The molecule has 0 aliphatic rings. The molecule has 0 aliphatic heterocycles. The van der Waals surface area contributed by atoms with Crippen LogP contribution in [-0.4, -0.2) is 24.2 Å². The Morgan fingerprint density at radius 3 is 2.50 bits per heavy atom. The van der Waals surface area contributed by atoms with E-state index in [2.05, 4.69) is 26.1 Å². The van der Waals surface area contributed by atoms with E-state index in [-0.39, 0.29) is 17.9 Å². The summed E-state index contributed by atoms with van der Waals surface area (Å²) in [4.78, 5) is 12.1. The highest BCUT2D eigenvalue weighted by Crippen LogP contribution is 2.25. The van der Waals surface area contributed by atoms with E-state index in [1.165, 1.54) is 0 Å². The van der Waals surface area contributed by atoms with Crippen LogP contribution in [0.25, 0.3) is 0 Å². The molecule has 0 spiro atoms. The van der Waals surface area contributed by atoms with Crippen molar-refractivity contribution in [1.82, 2.24) is 5.32 Å². The predicted molar refractivity (Wildman–Crippen MR) is 73.8 cm³/mol. The number of amides is 1. The summed E-state index contributed by atoms with van der Waals surface area (Å²) in [5, 5.41) is 11.6. The van der Waals surface area contributed by atoms with Crippen LogP contribution in [0.3, 0.4) is 0 Å². The lowest BCUT2D eigenvalue weighted by atomic mass is 9.83. The van der Waals surface area contributed by atoms with Crippen LogP contribution in [0.1, 0.15) is 49.5 Å². The highest BCUT2D eigenvalue weighted by atomic mass is 16.2. The zero-order valence-electron chi connectivity index (χ0n) is 11.5. The van der Waals surface area contributed by atoms with Crippen molar-refractivity contribution >= 4 is 5.91 Å². The first-order valence-corrected chi connectivity index (χ1v) is 6.45. The van der Waals surface area contributed by atoms with Gasteiger partial charge in [0.15, 0.2) is 0 Å². The van der Waals surface area contributed by atoms with Crippen molar-refractivity contribution in [3.63, 3.8) is 0 Å². The Morgan fingerprint density at radius 2 is 1.89 bits per heavy atom. The minimum atomic E-state index is -0.0426. The molecular weight excluding hydrogens is 226 g/mol. The van der Waals surface area contributed by atoms with Gasteiger partial charge in [0.05, 0.1) is 0 Å². The van der Waals surface area contributed by atoms with Gasteiger partial charge in [-0.25, -0.2) is 0 Å². The molecule has 0 heterocycles. The minimum absolute atomic E-state index is 0.0292. The predicted octanol–water partition coefficient (Wildman–Crippen LogP) is 2.49. The molecule has 0 saturated carbocycles. The number of benzene rings is 1. The Morgan fingerprint density at radius 1 is 1.22 bits per heavy atom. The molecule has 0 saturated heterocycles. The summed E-state index contributed by atoms with van der Waals surface area (Å²) in [6.07, 6.45) is 1.53. The van der Waals surface area contributed by atoms with E-state index in [0.29, 0.717) is 6.54 Å². The van der Waals surface area contributed by atoms with E-state index in [0.717, 1.165) is 24.0 Å². The number of nitrogens with one attached hydrogen (secondary N) is 1. The van der Waals surface area contributed by atoms with Crippen LogP contribution in [0.2, 0.25) is 0 Å². The van der Waals surface area contributed by atoms with Gasteiger partial charge in [-0.15, -0.1) is 0 Å². The van der Waals surface area contributed by atoms with E-state index in [9.17, 15) is 4.79 Å². The van der Waals surface area contributed by atoms with Gasteiger partial charge in [-0.1, -0.05) is 39.0 Å². The van der Waals surface area contributed by atoms with Gasteiger partial charge in [0.1, 0.15) is 0 Å². The van der Waals surface area contributed by atoms with E-state index >= 15 is 0 Å². The van der Waals surface area contributed by atoms with Crippen LogP contribution in [0.15, 0.2) is 24.3 Å². The maximum absolute atomic E-state index is 12.1. The molecule has 1 aromatic rings. The van der Waals surface area contributed by atoms with Crippen LogP contribution < -0.4 is 5.32 Å². The highest BCUT2D eigenvalue weighted by molar-refractivity contribution is 5.96. The molecule has 0 aromatic heterocycles. The third kappa shape index (κ3) is 4.15. The number of unbranched alkanes of at least 4 members (excludes halogenated alkanes) is 1. The fraction of sp³-hybridized carbons (Fsp3) is 0.533. The maximum Gasteiger partial charge on any atom is 0.251 e. The summed E-state index contributed by atoms with van der Waals surface area (Å²) in [6, 6.07) is 7.71. The second kappa shape index (κ2) is 6.55. The largest absolute Gasteiger partial charge is 0.396 e. The van der Waals surface area contributed by atoms with Gasteiger partial charge in [0.25, 0.3) is 5.91 Å². The highest BCUT2D eigenvalue weighted by Gasteiger charge is 2.20. The molecule has 3 heteroatoms. The molecule has 0 bridgehead atoms. The fourth-order valence-electron chi connectivity index (χ4n) is 1.87. The smallest absolute Gasteiger partial charge is 0.251 e. The molecule has 0 radical (unpaired) electrons. The summed E-state index contributed by atoms with van der Waals surface area (Å²) < 4.78 is 0. The zero-order valence-corrected chi connectivity index (χ0v) is 11.5. The molecule has 18 heavy (non-hydrogen) atoms. The molecule has 1 rings (SSSR count). The summed E-state index contributed by atoms with van der Waals surface area (Å²) in [5.74, 6) is -0.0292. The first-order chi connectivity index (χ1) is 8.46. The average molecular weight is 249 g/mol. The zero-order chi connectivity index (χ0) is 13.6. The van der Waals surface area contributed by atoms with E-state index in [1.54, 1.807) is 0 Å². The fourth-order valence-corrected chi connectivity index (χ4v) is 1.87. The SMILES string of the molecule is CC(C)(C)c1ccccc1C(=O)NCCCCO. The molecule has 0 unspecified atom stereocenters. The number of hydrogen-bond acceptors (Lipinski definition) is 2. The Labute approximate surface area is 109 Å². The van der Waals surface area contributed by atoms with Gasteiger partial charge in [0, 0.05) is 18.7 Å². The molecule has 100 valence electrons. The molecule has 0 fully saturated rings. The number of carbonyl (C=O) groups is 1. The lowest BCUT2D eigenvalue weighted by Gasteiger charge is -2.22. The van der Waals surface area contributed by atoms with Crippen molar-refractivity contribution in [3.05, 3.63) is 35.4 Å². The lowest BCUT2D eigenvalue weighted by molar-refractivity contribution is 0.0950. The third-order valence-corrected chi connectivity index (χ3v) is 2.85. The number of aliphatic hydroxyl groups is 1. The average Bonchev–Trinajstić information content (AvgIpc) is 2.33. The van der Waals surface area contributed by atoms with Gasteiger partial charge < -0.3 is 10.4 Å². The first kappa shape index (κ1) is 14.7. The normalized spacial score (nSPS) is 11.3. The minimum Gasteiger partial charge on any atom is -0.396 e. The van der Waals surface area contributed by atoms with Crippen LogP contribution in [-0.2, 0) is 5.41 Å². The van der Waals surface area contributed by atoms with E-state index in [1.807, 2.05) is 24.3 Å². The standard InChI is InChI=1S/C15H23NO2/c1-15(2,3)13-9-5-4-8-12(13)14(18)16-10-6-7-11-17/h4-5,8-9,17H,6-7,10-11H2,1-3H3,(H,16,18). The second-order valence-electron chi connectivity index (χ2n) is 5.48. The van der Waals surface area contributed by atoms with Gasteiger partial charge >= 0.3 is 0 Å². The van der Waals surface area contributed by atoms with Crippen molar-refractivity contribution in [3.8, 4) is 0 Å². The number of hydrogen-bond donors (Lipinski definition) is 2. The monoisotopic (exact) mass is 249 g/mol. The number of rotatable bonds is 5. The Hall–Kier alpha value is -1.35. The Balaban J connectivity index is 2.74. The quantitative estimate of drug-likeness (QED) is 0.788. The second-order valence-corrected chi connectivity index (χ2v) is 5.48. The molecule has 1 amide bonds. The Kier molecular flexibility index (Phi) is 5.35. The van der Waals surface area contributed by atoms with Crippen molar-refractivity contribution in [2.45, 2.75) is 39.0 Å². The van der Waals surface area contributed by atoms with Crippen LogP contribution in [0.4, 0.5) is 0 Å². The molecule has 0 aliphatic carbocycles. The first-order valence-electron chi connectivity index (χ1n) is 6.45. The van der Waals surface area contributed by atoms with Gasteiger partial charge in [-0.3, -0.25) is 4.79 Å². The van der Waals surface area contributed by atoms with E-state index < -0.39 is 0 Å². The molecular formula is C15H23NO2. The number of aliphatic hydroxyl groups excluding tert-OH is 1. The van der Waals surface area contributed by atoms with Crippen molar-refractivity contribution in [2.24, 2.45) is 0 Å². The third-order valence-electron chi connectivity index (χ3n) is 2.85.